The number of amides is 1. The summed E-state index contributed by atoms with van der Waals surface area (Å²) in [4.78, 5) is 19.1. The van der Waals surface area contributed by atoms with Crippen LogP contribution in [0.2, 0.25) is 0 Å². The summed E-state index contributed by atoms with van der Waals surface area (Å²) in [6, 6.07) is 4.15. The molecule has 1 atom stereocenters. The Labute approximate surface area is 145 Å². The minimum absolute atomic E-state index is 0.157. The fourth-order valence-corrected chi connectivity index (χ4v) is 3.80. The Morgan fingerprint density at radius 1 is 1.33 bits per heavy atom. The van der Waals surface area contributed by atoms with Crippen molar-refractivity contribution < 1.29 is 4.79 Å². The Bertz CT molecular complexity index is 519. The molecule has 2 aliphatic heterocycles. The number of aromatic nitrogens is 1. The van der Waals surface area contributed by atoms with Crippen molar-refractivity contribution in [1.82, 2.24) is 15.6 Å². The van der Waals surface area contributed by atoms with Crippen molar-refractivity contribution in [2.45, 2.75) is 45.6 Å². The second-order valence-corrected chi connectivity index (χ2v) is 7.26. The molecule has 0 spiro atoms. The van der Waals surface area contributed by atoms with Crippen LogP contribution in [0.3, 0.4) is 0 Å². The van der Waals surface area contributed by atoms with Gasteiger partial charge in [-0.1, -0.05) is 13.0 Å². The van der Waals surface area contributed by atoms with Crippen LogP contribution in [0.15, 0.2) is 18.3 Å². The summed E-state index contributed by atoms with van der Waals surface area (Å²) in [6.45, 7) is 7.18. The molecule has 0 aromatic carbocycles. The predicted octanol–water partition coefficient (Wildman–Crippen LogP) is 2.32. The summed E-state index contributed by atoms with van der Waals surface area (Å²) in [5.41, 5.74) is 1.07. The minimum atomic E-state index is 0.157. The van der Waals surface area contributed by atoms with Gasteiger partial charge in [0.05, 0.1) is 0 Å². The van der Waals surface area contributed by atoms with E-state index < -0.39 is 0 Å². The molecule has 0 aliphatic carbocycles. The lowest BCUT2D eigenvalue weighted by atomic mass is 9.84. The third-order valence-electron chi connectivity index (χ3n) is 5.42. The van der Waals surface area contributed by atoms with Gasteiger partial charge in [-0.05, 0) is 62.2 Å². The summed E-state index contributed by atoms with van der Waals surface area (Å²) in [5.74, 6) is 2.35. The summed E-state index contributed by atoms with van der Waals surface area (Å²) < 4.78 is 0. The highest BCUT2D eigenvalue weighted by molar-refractivity contribution is 5.76. The summed E-state index contributed by atoms with van der Waals surface area (Å²) >= 11 is 0. The van der Waals surface area contributed by atoms with E-state index in [0.717, 1.165) is 37.6 Å². The smallest absolute Gasteiger partial charge is 0.220 e. The molecule has 2 aliphatic rings. The first kappa shape index (κ1) is 17.2. The molecular formula is C19H30N4O. The highest BCUT2D eigenvalue weighted by Crippen LogP contribution is 2.24. The van der Waals surface area contributed by atoms with Gasteiger partial charge in [-0.25, -0.2) is 4.98 Å². The van der Waals surface area contributed by atoms with Gasteiger partial charge in [0.25, 0.3) is 0 Å². The molecule has 24 heavy (non-hydrogen) atoms. The van der Waals surface area contributed by atoms with E-state index in [1.165, 1.54) is 25.7 Å². The van der Waals surface area contributed by atoms with Crippen LogP contribution in [0.1, 0.15) is 44.6 Å². The Kier molecular flexibility index (Phi) is 6.07. The first-order valence-electron chi connectivity index (χ1n) is 9.39. The van der Waals surface area contributed by atoms with Gasteiger partial charge in [-0.3, -0.25) is 4.79 Å². The van der Waals surface area contributed by atoms with E-state index in [1.54, 1.807) is 0 Å². The molecule has 1 aromatic heterocycles. The van der Waals surface area contributed by atoms with Crippen LogP contribution >= 0.6 is 0 Å². The molecular weight excluding hydrogens is 300 g/mol. The van der Waals surface area contributed by atoms with E-state index in [-0.39, 0.29) is 5.91 Å². The molecule has 0 radical (unpaired) electrons. The maximum Gasteiger partial charge on any atom is 0.220 e. The monoisotopic (exact) mass is 330 g/mol. The zero-order valence-corrected chi connectivity index (χ0v) is 14.8. The Hall–Kier alpha value is -1.62. The molecule has 5 nitrogen and oxygen atoms in total. The van der Waals surface area contributed by atoms with Crippen molar-refractivity contribution in [2.24, 2.45) is 11.8 Å². The van der Waals surface area contributed by atoms with Gasteiger partial charge in [0, 0.05) is 32.3 Å². The Morgan fingerprint density at radius 3 is 2.75 bits per heavy atom. The van der Waals surface area contributed by atoms with Crippen molar-refractivity contribution in [1.29, 1.82) is 0 Å². The van der Waals surface area contributed by atoms with Crippen LogP contribution in [-0.2, 0) is 11.3 Å². The molecule has 0 saturated carbocycles. The number of hydrogen-bond acceptors (Lipinski definition) is 4. The van der Waals surface area contributed by atoms with E-state index in [4.69, 9.17) is 0 Å². The molecule has 2 fully saturated rings. The Morgan fingerprint density at radius 2 is 2.08 bits per heavy atom. The van der Waals surface area contributed by atoms with E-state index in [9.17, 15) is 4.79 Å². The van der Waals surface area contributed by atoms with Crippen LogP contribution < -0.4 is 15.5 Å². The number of pyridine rings is 1. The lowest BCUT2D eigenvalue weighted by Gasteiger charge is -2.27. The number of carbonyl (C=O) groups is 1. The van der Waals surface area contributed by atoms with E-state index >= 15 is 0 Å². The van der Waals surface area contributed by atoms with Crippen molar-refractivity contribution >= 4 is 11.7 Å². The normalized spacial score (nSPS) is 20.1. The second-order valence-electron chi connectivity index (χ2n) is 7.26. The van der Waals surface area contributed by atoms with E-state index in [2.05, 4.69) is 39.6 Å². The van der Waals surface area contributed by atoms with Crippen molar-refractivity contribution in [3.63, 3.8) is 0 Å². The number of nitrogens with zero attached hydrogens (tertiary/aromatic N) is 2. The fraction of sp³-hybridized carbons (Fsp3) is 0.684. The van der Waals surface area contributed by atoms with Crippen molar-refractivity contribution in [3.05, 3.63) is 23.9 Å². The fourth-order valence-electron chi connectivity index (χ4n) is 3.80. The summed E-state index contributed by atoms with van der Waals surface area (Å²) in [5, 5.41) is 6.43. The van der Waals surface area contributed by atoms with Gasteiger partial charge in [-0.2, -0.15) is 0 Å². The van der Waals surface area contributed by atoms with Crippen LogP contribution in [0.5, 0.6) is 0 Å². The second kappa shape index (κ2) is 8.47. The van der Waals surface area contributed by atoms with Gasteiger partial charge in [0.2, 0.25) is 5.91 Å². The predicted molar refractivity (Wildman–Crippen MR) is 96.9 cm³/mol. The molecule has 1 aromatic rings. The maximum atomic E-state index is 12.2. The highest BCUT2D eigenvalue weighted by atomic mass is 16.1. The quantitative estimate of drug-likeness (QED) is 0.840. The van der Waals surface area contributed by atoms with Crippen LogP contribution in [0, 0.1) is 11.8 Å². The first-order valence-corrected chi connectivity index (χ1v) is 9.39. The van der Waals surface area contributed by atoms with E-state index in [0.29, 0.717) is 24.8 Å². The van der Waals surface area contributed by atoms with Gasteiger partial charge >= 0.3 is 0 Å². The zero-order valence-electron chi connectivity index (χ0n) is 14.8. The number of carbonyl (C=O) groups excluding carboxylic acids is 1. The molecule has 1 amide bonds. The van der Waals surface area contributed by atoms with Crippen molar-refractivity contribution in [3.8, 4) is 0 Å². The molecule has 0 bridgehead atoms. The largest absolute Gasteiger partial charge is 0.357 e. The van der Waals surface area contributed by atoms with Crippen LogP contribution in [0.4, 0.5) is 5.82 Å². The zero-order chi connectivity index (χ0) is 16.8. The molecule has 1 unspecified atom stereocenters. The third-order valence-corrected chi connectivity index (χ3v) is 5.42. The van der Waals surface area contributed by atoms with Crippen LogP contribution in [-0.4, -0.2) is 37.1 Å². The third kappa shape index (κ3) is 4.69. The average Bonchev–Trinajstić information content (AvgIpc) is 3.16. The summed E-state index contributed by atoms with van der Waals surface area (Å²) in [6.07, 6.45) is 7.42. The molecule has 3 heterocycles. The van der Waals surface area contributed by atoms with E-state index in [1.807, 2.05) is 6.20 Å². The maximum absolute atomic E-state index is 12.2. The van der Waals surface area contributed by atoms with Gasteiger partial charge < -0.3 is 15.5 Å². The van der Waals surface area contributed by atoms with Gasteiger partial charge in [0.1, 0.15) is 5.82 Å². The highest BCUT2D eigenvalue weighted by Gasteiger charge is 2.21. The number of rotatable bonds is 6. The number of piperidine rings is 1. The van der Waals surface area contributed by atoms with Gasteiger partial charge in [-0.15, -0.1) is 0 Å². The van der Waals surface area contributed by atoms with Crippen molar-refractivity contribution in [2.75, 3.05) is 31.1 Å². The molecule has 5 heteroatoms. The standard InChI is InChI=1S/C19H30N4O/c1-15(17-6-8-20-9-7-17)12-19(24)22-14-16-4-5-18(21-13-16)23-10-2-3-11-23/h4-5,13,15,17,20H,2-3,6-12,14H2,1H3,(H,22,24). The summed E-state index contributed by atoms with van der Waals surface area (Å²) in [7, 11) is 0. The molecule has 132 valence electrons. The molecule has 3 rings (SSSR count). The lowest BCUT2D eigenvalue weighted by molar-refractivity contribution is -0.122. The van der Waals surface area contributed by atoms with Gasteiger partial charge in [0.15, 0.2) is 0 Å². The first-order chi connectivity index (χ1) is 11.7. The lowest BCUT2D eigenvalue weighted by Crippen LogP contribution is -2.33. The molecule has 2 saturated heterocycles. The number of anilines is 1. The topological polar surface area (TPSA) is 57.3 Å². The minimum Gasteiger partial charge on any atom is -0.357 e. The Balaban J connectivity index is 1.42. The number of nitrogens with one attached hydrogen (secondary N) is 2. The van der Waals surface area contributed by atoms with Crippen LogP contribution in [0.25, 0.3) is 0 Å². The average molecular weight is 330 g/mol. The number of hydrogen-bond donors (Lipinski definition) is 2. The SMILES string of the molecule is CC(CC(=O)NCc1ccc(N2CCCC2)nc1)C1CCNCC1. The molecule has 2 N–H and O–H groups in total.